The maximum absolute atomic E-state index is 8.65. The van der Waals surface area contributed by atoms with Gasteiger partial charge in [0.2, 0.25) is 0 Å². The van der Waals surface area contributed by atoms with Crippen LogP contribution in [0.2, 0.25) is 0 Å². The van der Waals surface area contributed by atoms with Crippen LogP contribution in [0.15, 0.2) is 150 Å². The lowest BCUT2D eigenvalue weighted by molar-refractivity contribution is 0.408. The summed E-state index contributed by atoms with van der Waals surface area (Å²) in [5, 5.41) is 19.4. The molecule has 8 rings (SSSR count). The van der Waals surface area contributed by atoms with Crippen molar-refractivity contribution in [1.82, 2.24) is 9.13 Å². The van der Waals surface area contributed by atoms with Crippen molar-refractivity contribution in [1.29, 1.82) is 0 Å². The molecule has 6 aromatic carbocycles. The van der Waals surface area contributed by atoms with E-state index in [0.29, 0.717) is 29.1 Å². The van der Waals surface area contributed by atoms with Gasteiger partial charge in [-0.25, -0.2) is 9.69 Å². The van der Waals surface area contributed by atoms with Crippen LogP contribution in [-0.4, -0.2) is 40.5 Å². The first-order chi connectivity index (χ1) is 28.1. The summed E-state index contributed by atoms with van der Waals surface area (Å²) in [5.41, 5.74) is 20.8. The van der Waals surface area contributed by atoms with E-state index in [-0.39, 0.29) is 0 Å². The van der Waals surface area contributed by atoms with E-state index in [0.717, 1.165) is 72.3 Å². The Labute approximate surface area is 346 Å². The maximum atomic E-state index is 8.65. The third-order valence-electron chi connectivity index (χ3n) is 9.41. The van der Waals surface area contributed by atoms with Crippen LogP contribution in [0.3, 0.4) is 0 Å². The van der Waals surface area contributed by atoms with E-state index in [4.69, 9.17) is 44.1 Å². The fourth-order valence-electron chi connectivity index (χ4n) is 6.62. The van der Waals surface area contributed by atoms with E-state index in [2.05, 4.69) is 53.1 Å². The fourth-order valence-corrected chi connectivity index (χ4v) is 7.18. The Bertz CT molecular complexity index is 2780. The van der Waals surface area contributed by atoms with Crippen molar-refractivity contribution in [2.24, 2.45) is 0 Å². The summed E-state index contributed by atoms with van der Waals surface area (Å²) >= 11 is 3.58. The lowest BCUT2D eigenvalue weighted by atomic mass is 9.80. The van der Waals surface area contributed by atoms with Gasteiger partial charge in [0.1, 0.15) is 11.5 Å². The molecule has 58 heavy (non-hydrogen) atoms. The van der Waals surface area contributed by atoms with Crippen LogP contribution in [-0.2, 0) is 13.1 Å². The Morgan fingerprint density at radius 1 is 0.621 bits per heavy atom. The number of rotatable bonds is 8. The normalized spacial score (nSPS) is 10.4. The minimum absolute atomic E-state index is 0.417. The molecule has 12 heteroatoms. The minimum atomic E-state index is -1.43. The number of ether oxygens (including phenoxy) is 2. The van der Waals surface area contributed by atoms with Gasteiger partial charge in [-0.05, 0) is 93.0 Å². The van der Waals surface area contributed by atoms with Gasteiger partial charge in [0.15, 0.2) is 11.4 Å². The lowest BCUT2D eigenvalue weighted by Crippen LogP contribution is -2.29. The third-order valence-corrected chi connectivity index (χ3v) is 10.0. The highest BCUT2D eigenvalue weighted by molar-refractivity contribution is 9.10. The number of fused-ring (bicyclic) bond motifs is 2. The van der Waals surface area contributed by atoms with Gasteiger partial charge in [-0.2, -0.15) is 0 Å². The van der Waals surface area contributed by atoms with E-state index in [9.17, 15) is 0 Å². The Balaban J connectivity index is 0.000000162. The molecule has 0 spiro atoms. The molecule has 0 fully saturated rings. The molecular formula is C46H40BBrN6O4. The second-order valence-electron chi connectivity index (χ2n) is 13.2. The quantitative estimate of drug-likeness (QED) is 0.0686. The van der Waals surface area contributed by atoms with Crippen molar-refractivity contribution in [3.05, 3.63) is 184 Å². The smallest absolute Gasteiger partial charge is 0.488 e. The number of benzene rings is 6. The molecule has 0 aliphatic rings. The average molecular weight is 832 g/mol. The number of hydrogen-bond acceptors (Lipinski definition) is 6. The van der Waals surface area contributed by atoms with Crippen LogP contribution in [0.25, 0.3) is 42.6 Å². The molecule has 0 radical (unpaired) electrons. The SMILES string of the molecule is Nc1cccc(B(O)O)c1.[C-]#[N+]c1ccc2c(c1)c(-c1cccc(N)c1)cn2Cc1ccccc1OC.[C-]#[N+]c1ccc2c(c1)c(Br)cn2Cc1ccccc1OC. The third kappa shape index (κ3) is 9.52. The van der Waals surface area contributed by atoms with Crippen molar-refractivity contribution >= 4 is 73.1 Å². The van der Waals surface area contributed by atoms with Crippen molar-refractivity contribution in [3.8, 4) is 22.6 Å². The van der Waals surface area contributed by atoms with E-state index in [1.165, 1.54) is 6.07 Å². The molecule has 0 aliphatic carbocycles. The number of para-hydroxylation sites is 2. The highest BCUT2D eigenvalue weighted by atomic mass is 79.9. The number of nitrogens with two attached hydrogens (primary N) is 2. The first-order valence-corrected chi connectivity index (χ1v) is 18.9. The van der Waals surface area contributed by atoms with Crippen LogP contribution in [0.1, 0.15) is 11.1 Å². The van der Waals surface area contributed by atoms with Crippen LogP contribution < -0.4 is 26.4 Å². The zero-order valence-corrected chi connectivity index (χ0v) is 33.5. The molecular weight excluding hydrogens is 791 g/mol. The van der Waals surface area contributed by atoms with E-state index < -0.39 is 7.12 Å². The first kappa shape index (κ1) is 40.7. The number of anilines is 2. The van der Waals surface area contributed by atoms with Crippen molar-refractivity contribution in [2.75, 3.05) is 25.7 Å². The Morgan fingerprint density at radius 3 is 1.66 bits per heavy atom. The zero-order chi connectivity index (χ0) is 41.2. The Morgan fingerprint density at radius 2 is 1.14 bits per heavy atom. The van der Waals surface area contributed by atoms with Crippen LogP contribution in [0.4, 0.5) is 22.7 Å². The number of methoxy groups -OCH3 is 2. The van der Waals surface area contributed by atoms with E-state index >= 15 is 0 Å². The molecule has 2 aromatic heterocycles. The second kappa shape index (κ2) is 18.8. The predicted octanol–water partition coefficient (Wildman–Crippen LogP) is 9.46. The van der Waals surface area contributed by atoms with Crippen molar-refractivity contribution in [3.63, 3.8) is 0 Å². The summed E-state index contributed by atoms with van der Waals surface area (Å²) in [5.74, 6) is 1.75. The van der Waals surface area contributed by atoms with Crippen LogP contribution in [0.5, 0.6) is 11.5 Å². The molecule has 0 aliphatic heterocycles. The molecule has 10 nitrogen and oxygen atoms in total. The highest BCUT2D eigenvalue weighted by Crippen LogP contribution is 2.35. The van der Waals surface area contributed by atoms with E-state index in [1.54, 1.807) is 32.4 Å². The zero-order valence-electron chi connectivity index (χ0n) is 31.9. The number of nitrogen functional groups attached to an aromatic ring is 2. The van der Waals surface area contributed by atoms with Gasteiger partial charge < -0.3 is 40.1 Å². The molecule has 0 saturated heterocycles. The summed E-state index contributed by atoms with van der Waals surface area (Å²) in [4.78, 5) is 7.07. The van der Waals surface area contributed by atoms with Gasteiger partial charge >= 0.3 is 7.12 Å². The molecule has 0 saturated carbocycles. The summed E-state index contributed by atoms with van der Waals surface area (Å²) in [7, 11) is 1.95. The molecule has 8 aromatic rings. The maximum Gasteiger partial charge on any atom is 0.488 e. The minimum Gasteiger partial charge on any atom is -0.496 e. The summed E-state index contributed by atoms with van der Waals surface area (Å²) in [6, 6.07) is 41.9. The monoisotopic (exact) mass is 830 g/mol. The number of nitrogens with zero attached hydrogens (tertiary/aromatic N) is 4. The molecule has 0 atom stereocenters. The molecule has 6 N–H and O–H groups in total. The fraction of sp³-hybridized carbons (Fsp3) is 0.0870. The van der Waals surface area contributed by atoms with E-state index in [1.807, 2.05) is 103 Å². The average Bonchev–Trinajstić information content (AvgIpc) is 3.76. The number of hydrogen-bond donors (Lipinski definition) is 4. The van der Waals surface area contributed by atoms with Crippen LogP contribution in [0, 0.1) is 13.1 Å². The van der Waals surface area contributed by atoms with Crippen molar-refractivity contribution in [2.45, 2.75) is 13.1 Å². The predicted molar refractivity (Wildman–Crippen MR) is 239 cm³/mol. The standard InChI is InChI=1S/C23H19N3O.C17H13BrN2O.C6H8BNO2/c1-25-19-10-11-22-20(13-19)21(16-7-5-8-18(24)12-16)15-26(22)14-17-6-3-4-9-23(17)27-2;1-19-13-7-8-16-14(9-13)15(18)11-20(16)10-12-5-3-4-6-17(12)21-2;8-6-3-1-2-5(4-6)7(9)10/h3-13,15H,14,24H2,2H3;3-9,11H,10H2,2H3;1-4,9-10H,8H2. The highest BCUT2D eigenvalue weighted by Gasteiger charge is 2.14. The number of aromatic nitrogens is 2. The van der Waals surface area contributed by atoms with Gasteiger partial charge in [0, 0.05) is 61.4 Å². The largest absolute Gasteiger partial charge is 0.496 e. The Hall–Kier alpha value is -6.96. The molecule has 288 valence electrons. The van der Waals surface area contributed by atoms with Gasteiger partial charge in [-0.1, -0.05) is 72.8 Å². The molecule has 0 amide bonds. The second-order valence-corrected chi connectivity index (χ2v) is 14.0. The Kier molecular flexibility index (Phi) is 13.2. The lowest BCUT2D eigenvalue weighted by Gasteiger charge is -2.10. The topological polar surface area (TPSA) is 130 Å². The van der Waals surface area contributed by atoms with Gasteiger partial charge in [-0.3, -0.25) is 0 Å². The summed E-state index contributed by atoms with van der Waals surface area (Å²) in [6.07, 6.45) is 4.17. The molecule has 0 bridgehead atoms. The molecule has 0 unspecified atom stereocenters. The van der Waals surface area contributed by atoms with Crippen molar-refractivity contribution < 1.29 is 19.5 Å². The molecule has 2 heterocycles. The first-order valence-electron chi connectivity index (χ1n) is 18.1. The van der Waals surface area contributed by atoms with Crippen LogP contribution >= 0.6 is 15.9 Å². The summed E-state index contributed by atoms with van der Waals surface area (Å²) in [6.45, 7) is 15.9. The summed E-state index contributed by atoms with van der Waals surface area (Å²) < 4.78 is 16.3. The number of halogens is 1. The van der Waals surface area contributed by atoms with Gasteiger partial charge in [0.25, 0.3) is 0 Å². The van der Waals surface area contributed by atoms with Gasteiger partial charge in [-0.15, -0.1) is 0 Å². The van der Waals surface area contributed by atoms with Gasteiger partial charge in [0.05, 0.1) is 40.5 Å².